The third kappa shape index (κ3) is 5.53. The summed E-state index contributed by atoms with van der Waals surface area (Å²) in [5, 5.41) is 7.71. The number of carbonyl (C=O) groups excluding carboxylic acids is 2. The Morgan fingerprint density at radius 1 is 1.11 bits per heavy atom. The van der Waals surface area contributed by atoms with E-state index in [4.69, 9.17) is 14.6 Å². The van der Waals surface area contributed by atoms with Crippen LogP contribution in [-0.2, 0) is 26.0 Å². The Morgan fingerprint density at radius 3 is 2.33 bits per heavy atom. The molecule has 2 aromatic carbocycles. The third-order valence-electron chi connectivity index (χ3n) is 3.69. The number of anilines is 1. The molecule has 0 radical (unpaired) electrons. The second kappa shape index (κ2) is 8.65. The lowest BCUT2D eigenvalue weighted by Gasteiger charge is -2.10. The molecule has 0 saturated carbocycles. The quantitative estimate of drug-likeness (QED) is 0.691. The molecule has 27 heavy (non-hydrogen) atoms. The number of carbonyl (C=O) groups is 2. The number of rotatable bonds is 7. The van der Waals surface area contributed by atoms with Gasteiger partial charge < -0.3 is 14.8 Å². The zero-order valence-electron chi connectivity index (χ0n) is 14.9. The molecule has 0 heterocycles. The van der Waals surface area contributed by atoms with E-state index in [0.717, 1.165) is 18.1 Å². The molecule has 0 aliphatic carbocycles. The Balaban J connectivity index is 2.01. The molecule has 0 aliphatic rings. The first kappa shape index (κ1) is 20.4. The van der Waals surface area contributed by atoms with Gasteiger partial charge in [-0.2, -0.15) is 0 Å². The van der Waals surface area contributed by atoms with E-state index in [1.165, 1.54) is 19.2 Å². The van der Waals surface area contributed by atoms with Gasteiger partial charge in [-0.25, -0.2) is 18.4 Å². The topological polar surface area (TPSA) is 125 Å². The van der Waals surface area contributed by atoms with Crippen molar-refractivity contribution in [3.63, 3.8) is 0 Å². The molecule has 9 heteroatoms. The molecule has 8 nitrogen and oxygen atoms in total. The fourth-order valence-corrected chi connectivity index (χ4v) is 2.98. The fraction of sp³-hybridized carbons (Fsp3) is 0.222. The van der Waals surface area contributed by atoms with Crippen molar-refractivity contribution in [2.75, 3.05) is 19.0 Å². The standard InChI is InChI=1S/C18H20N2O6S/c1-3-12-4-7-14(8-5-12)20-17(21)11-26-18(22)13-6-9-15(25-2)16(10-13)27(19,23)24/h4-10H,3,11H2,1-2H3,(H,20,21)(H2,19,23,24). The van der Waals surface area contributed by atoms with Crippen molar-refractivity contribution < 1.29 is 27.5 Å². The Hall–Kier alpha value is -2.91. The lowest BCUT2D eigenvalue weighted by molar-refractivity contribution is -0.119. The van der Waals surface area contributed by atoms with Crippen LogP contribution in [0.2, 0.25) is 0 Å². The molecule has 144 valence electrons. The van der Waals surface area contributed by atoms with Crippen LogP contribution in [0.4, 0.5) is 5.69 Å². The third-order valence-corrected chi connectivity index (χ3v) is 4.62. The average molecular weight is 392 g/mol. The molecule has 0 aromatic heterocycles. The number of primary sulfonamides is 1. The van der Waals surface area contributed by atoms with E-state index in [2.05, 4.69) is 5.32 Å². The number of nitrogens with one attached hydrogen (secondary N) is 1. The largest absolute Gasteiger partial charge is 0.495 e. The number of hydrogen-bond donors (Lipinski definition) is 2. The van der Waals surface area contributed by atoms with Crippen molar-refractivity contribution in [1.82, 2.24) is 0 Å². The summed E-state index contributed by atoms with van der Waals surface area (Å²) in [6.07, 6.45) is 0.883. The highest BCUT2D eigenvalue weighted by Gasteiger charge is 2.19. The number of hydrogen-bond acceptors (Lipinski definition) is 6. The van der Waals surface area contributed by atoms with E-state index in [1.807, 2.05) is 19.1 Å². The minimum Gasteiger partial charge on any atom is -0.495 e. The number of ether oxygens (including phenoxy) is 2. The number of sulfonamides is 1. The second-order valence-electron chi connectivity index (χ2n) is 5.59. The number of amides is 1. The smallest absolute Gasteiger partial charge is 0.338 e. The van der Waals surface area contributed by atoms with Crippen LogP contribution < -0.4 is 15.2 Å². The number of methoxy groups -OCH3 is 1. The van der Waals surface area contributed by atoms with Crippen LogP contribution in [0.15, 0.2) is 47.4 Å². The number of nitrogens with two attached hydrogens (primary N) is 1. The highest BCUT2D eigenvalue weighted by Crippen LogP contribution is 2.24. The van der Waals surface area contributed by atoms with Crippen molar-refractivity contribution in [2.24, 2.45) is 5.14 Å². The van der Waals surface area contributed by atoms with Gasteiger partial charge in [-0.3, -0.25) is 4.79 Å². The van der Waals surface area contributed by atoms with Crippen LogP contribution in [0.1, 0.15) is 22.8 Å². The van der Waals surface area contributed by atoms with E-state index in [9.17, 15) is 18.0 Å². The molecular weight excluding hydrogens is 372 g/mol. The maximum absolute atomic E-state index is 12.1. The highest BCUT2D eigenvalue weighted by atomic mass is 32.2. The Morgan fingerprint density at radius 2 is 1.78 bits per heavy atom. The summed E-state index contributed by atoms with van der Waals surface area (Å²) in [5.41, 5.74) is 1.64. The van der Waals surface area contributed by atoms with Crippen LogP contribution in [-0.4, -0.2) is 34.0 Å². The van der Waals surface area contributed by atoms with E-state index in [0.29, 0.717) is 5.69 Å². The molecule has 0 saturated heterocycles. The summed E-state index contributed by atoms with van der Waals surface area (Å²) in [5.74, 6) is -1.38. The van der Waals surface area contributed by atoms with Crippen LogP contribution in [0.25, 0.3) is 0 Å². The predicted molar refractivity (Wildman–Crippen MR) is 99.1 cm³/mol. The Labute approximate surface area is 157 Å². The molecular formula is C18H20N2O6S. The zero-order chi connectivity index (χ0) is 20.0. The molecule has 3 N–H and O–H groups in total. The van der Waals surface area contributed by atoms with Gasteiger partial charge in [-0.15, -0.1) is 0 Å². The number of esters is 1. The first-order chi connectivity index (χ1) is 12.7. The molecule has 1 amide bonds. The minimum absolute atomic E-state index is 0.00215. The summed E-state index contributed by atoms with van der Waals surface area (Å²) in [4.78, 5) is 23.6. The first-order valence-electron chi connectivity index (χ1n) is 8.01. The summed E-state index contributed by atoms with van der Waals surface area (Å²) >= 11 is 0. The van der Waals surface area contributed by atoms with E-state index in [-0.39, 0.29) is 16.2 Å². The van der Waals surface area contributed by atoms with Gasteiger partial charge in [0.2, 0.25) is 10.0 Å². The van der Waals surface area contributed by atoms with E-state index >= 15 is 0 Å². The summed E-state index contributed by atoms with van der Waals surface area (Å²) in [6, 6.07) is 10.9. The molecule has 0 atom stereocenters. The van der Waals surface area contributed by atoms with Gasteiger partial charge in [0.25, 0.3) is 5.91 Å². The maximum atomic E-state index is 12.1. The van der Waals surface area contributed by atoms with Crippen LogP contribution >= 0.6 is 0 Å². The molecule has 2 aromatic rings. The Bertz CT molecular complexity index is 939. The highest BCUT2D eigenvalue weighted by molar-refractivity contribution is 7.89. The summed E-state index contributed by atoms with van der Waals surface area (Å²) in [7, 11) is -2.81. The predicted octanol–water partition coefficient (Wildman–Crippen LogP) is 1.70. The maximum Gasteiger partial charge on any atom is 0.338 e. The molecule has 0 spiro atoms. The first-order valence-corrected chi connectivity index (χ1v) is 9.56. The number of benzene rings is 2. The summed E-state index contributed by atoms with van der Waals surface area (Å²) < 4.78 is 33.0. The van der Waals surface area contributed by atoms with Gasteiger partial charge in [0.1, 0.15) is 10.6 Å². The second-order valence-corrected chi connectivity index (χ2v) is 7.12. The normalized spacial score (nSPS) is 10.9. The van der Waals surface area contributed by atoms with Gasteiger partial charge >= 0.3 is 5.97 Å². The summed E-state index contributed by atoms with van der Waals surface area (Å²) in [6.45, 7) is 1.50. The molecule has 0 fully saturated rings. The van der Waals surface area contributed by atoms with Crippen molar-refractivity contribution in [3.8, 4) is 5.75 Å². The van der Waals surface area contributed by atoms with E-state index in [1.54, 1.807) is 12.1 Å². The zero-order valence-corrected chi connectivity index (χ0v) is 15.7. The van der Waals surface area contributed by atoms with Crippen molar-refractivity contribution in [1.29, 1.82) is 0 Å². The SMILES string of the molecule is CCc1ccc(NC(=O)COC(=O)c2ccc(OC)c(S(N)(=O)=O)c2)cc1. The van der Waals surface area contributed by atoms with Gasteiger partial charge in [0, 0.05) is 5.69 Å². The number of aryl methyl sites for hydroxylation is 1. The van der Waals surface area contributed by atoms with E-state index < -0.39 is 28.5 Å². The lowest BCUT2D eigenvalue weighted by Crippen LogP contribution is -2.21. The van der Waals surface area contributed by atoms with Crippen molar-refractivity contribution in [2.45, 2.75) is 18.2 Å². The lowest BCUT2D eigenvalue weighted by atomic mass is 10.1. The van der Waals surface area contributed by atoms with Crippen molar-refractivity contribution in [3.05, 3.63) is 53.6 Å². The van der Waals surface area contributed by atoms with Crippen LogP contribution in [0, 0.1) is 0 Å². The monoisotopic (exact) mass is 392 g/mol. The minimum atomic E-state index is -4.09. The van der Waals surface area contributed by atoms with Crippen LogP contribution in [0.5, 0.6) is 5.75 Å². The van der Waals surface area contributed by atoms with Gasteiger partial charge in [0.05, 0.1) is 12.7 Å². The molecule has 0 aliphatic heterocycles. The van der Waals surface area contributed by atoms with Gasteiger partial charge in [-0.1, -0.05) is 19.1 Å². The van der Waals surface area contributed by atoms with Crippen LogP contribution in [0.3, 0.4) is 0 Å². The molecule has 0 unspecified atom stereocenters. The molecule has 2 rings (SSSR count). The van der Waals surface area contributed by atoms with Gasteiger partial charge in [0.15, 0.2) is 6.61 Å². The molecule has 0 bridgehead atoms. The Kier molecular flexibility index (Phi) is 6.54. The fourth-order valence-electron chi connectivity index (χ4n) is 2.26. The van der Waals surface area contributed by atoms with Crippen molar-refractivity contribution >= 4 is 27.6 Å². The van der Waals surface area contributed by atoms with Gasteiger partial charge in [-0.05, 0) is 42.3 Å². The average Bonchev–Trinajstić information content (AvgIpc) is 2.65.